The van der Waals surface area contributed by atoms with Gasteiger partial charge < -0.3 is 4.84 Å². The van der Waals surface area contributed by atoms with Crippen LogP contribution in [0, 0.1) is 0 Å². The molecule has 2 aromatic carbocycles. The van der Waals surface area contributed by atoms with Crippen LogP contribution in [-0.2, 0) is 0 Å². The summed E-state index contributed by atoms with van der Waals surface area (Å²) in [6, 6.07) is 15.8. The van der Waals surface area contributed by atoms with E-state index in [1.807, 2.05) is 54.7 Å². The van der Waals surface area contributed by atoms with Crippen molar-refractivity contribution in [2.24, 2.45) is 5.16 Å². The average molecular weight is 261 g/mol. The van der Waals surface area contributed by atoms with E-state index in [0.29, 0.717) is 0 Å². The Morgan fingerprint density at radius 3 is 2.80 bits per heavy atom. The normalized spacial score (nSPS) is 16.7. The first-order valence-electron chi connectivity index (χ1n) is 6.43. The molecule has 0 fully saturated rings. The van der Waals surface area contributed by atoms with Crippen LogP contribution in [0.25, 0.3) is 10.9 Å². The van der Waals surface area contributed by atoms with Gasteiger partial charge in [0, 0.05) is 17.1 Å². The lowest BCUT2D eigenvalue weighted by Crippen LogP contribution is -2.13. The van der Waals surface area contributed by atoms with Crippen molar-refractivity contribution >= 4 is 17.1 Å². The van der Waals surface area contributed by atoms with E-state index in [4.69, 9.17) is 4.84 Å². The molecule has 0 saturated carbocycles. The van der Waals surface area contributed by atoms with E-state index >= 15 is 0 Å². The Balaban J connectivity index is 1.86. The molecule has 4 heteroatoms. The Labute approximate surface area is 115 Å². The number of aromatic nitrogens is 2. The van der Waals surface area contributed by atoms with E-state index < -0.39 is 0 Å². The van der Waals surface area contributed by atoms with Crippen molar-refractivity contribution in [3.05, 3.63) is 66.1 Å². The Bertz CT molecular complexity index is 813. The van der Waals surface area contributed by atoms with Crippen LogP contribution in [0.2, 0.25) is 0 Å². The van der Waals surface area contributed by atoms with Gasteiger partial charge in [-0.3, -0.25) is 0 Å². The Morgan fingerprint density at radius 2 is 1.80 bits per heavy atom. The minimum Gasteiger partial charge on any atom is -0.357 e. The fourth-order valence-corrected chi connectivity index (χ4v) is 2.39. The van der Waals surface area contributed by atoms with Gasteiger partial charge in [0.15, 0.2) is 5.75 Å². The molecular weight excluding hydrogens is 250 g/mol. The first-order valence-corrected chi connectivity index (χ1v) is 6.43. The van der Waals surface area contributed by atoms with Gasteiger partial charge in [-0.15, -0.1) is 0 Å². The third-order valence-corrected chi connectivity index (χ3v) is 3.40. The lowest BCUT2D eigenvalue weighted by atomic mass is 9.97. The molecule has 0 aliphatic carbocycles. The summed E-state index contributed by atoms with van der Waals surface area (Å²) in [7, 11) is 0. The summed E-state index contributed by atoms with van der Waals surface area (Å²) in [6.07, 6.45) is 3.59. The molecule has 0 amide bonds. The zero-order valence-electron chi connectivity index (χ0n) is 10.6. The molecule has 1 unspecified atom stereocenters. The maximum atomic E-state index is 5.28. The molecule has 0 radical (unpaired) electrons. The second kappa shape index (κ2) is 4.42. The highest BCUT2D eigenvalue weighted by Crippen LogP contribution is 2.32. The van der Waals surface area contributed by atoms with Crippen LogP contribution in [0.3, 0.4) is 0 Å². The molecule has 1 aliphatic rings. The number of hydrogen-bond donors (Lipinski definition) is 0. The predicted octanol–water partition coefficient (Wildman–Crippen LogP) is 3.14. The number of para-hydroxylation sites is 2. The molecule has 4 nitrogen and oxygen atoms in total. The molecule has 0 bridgehead atoms. The first-order chi connectivity index (χ1) is 9.92. The van der Waals surface area contributed by atoms with Gasteiger partial charge in [0.05, 0.1) is 17.6 Å². The van der Waals surface area contributed by atoms with Crippen LogP contribution in [-0.4, -0.2) is 16.2 Å². The summed E-state index contributed by atoms with van der Waals surface area (Å²) in [5.41, 5.74) is 1.98. The molecule has 0 N–H and O–H groups in total. The highest BCUT2D eigenvalue weighted by Gasteiger charge is 2.22. The number of oxime groups is 1. The lowest BCUT2D eigenvalue weighted by Gasteiger charge is -2.18. The number of rotatable bonds is 1. The van der Waals surface area contributed by atoms with E-state index in [1.165, 1.54) is 0 Å². The summed E-state index contributed by atoms with van der Waals surface area (Å²) in [5, 5.41) is 4.99. The van der Waals surface area contributed by atoms with Gasteiger partial charge >= 0.3 is 0 Å². The monoisotopic (exact) mass is 261 g/mol. The van der Waals surface area contributed by atoms with Crippen molar-refractivity contribution in [2.75, 3.05) is 0 Å². The summed E-state index contributed by atoms with van der Waals surface area (Å²) in [5.74, 6) is 1.43. The van der Waals surface area contributed by atoms with Gasteiger partial charge in [-0.1, -0.05) is 41.6 Å². The molecule has 4 rings (SSSR count). The van der Waals surface area contributed by atoms with E-state index in [2.05, 4.69) is 15.1 Å². The predicted molar refractivity (Wildman–Crippen MR) is 76.9 cm³/mol. The largest absolute Gasteiger partial charge is 0.357 e. The van der Waals surface area contributed by atoms with Crippen molar-refractivity contribution in [1.82, 2.24) is 9.97 Å². The van der Waals surface area contributed by atoms with Crippen LogP contribution in [0.1, 0.15) is 17.3 Å². The van der Waals surface area contributed by atoms with Gasteiger partial charge in [-0.2, -0.15) is 0 Å². The topological polar surface area (TPSA) is 47.4 Å². The third-order valence-electron chi connectivity index (χ3n) is 3.40. The Hall–Kier alpha value is -2.75. The highest BCUT2D eigenvalue weighted by atomic mass is 16.6. The minimum atomic E-state index is -0.0652. The SMILES string of the molecule is C1=NOc2ccccc2C1c1ncc2ccccc2n1. The summed E-state index contributed by atoms with van der Waals surface area (Å²) >= 11 is 0. The third kappa shape index (κ3) is 1.73. The van der Waals surface area contributed by atoms with E-state index in [9.17, 15) is 0 Å². The number of benzene rings is 2. The van der Waals surface area contributed by atoms with Gasteiger partial charge in [0.1, 0.15) is 5.82 Å². The molecule has 1 aromatic heterocycles. The van der Waals surface area contributed by atoms with E-state index in [1.54, 1.807) is 6.21 Å². The van der Waals surface area contributed by atoms with Gasteiger partial charge in [-0.05, 0) is 12.1 Å². The number of fused-ring (bicyclic) bond motifs is 2. The Morgan fingerprint density at radius 1 is 0.950 bits per heavy atom. The number of hydrogen-bond acceptors (Lipinski definition) is 4. The van der Waals surface area contributed by atoms with Crippen molar-refractivity contribution in [1.29, 1.82) is 0 Å². The van der Waals surface area contributed by atoms with Crippen LogP contribution in [0.15, 0.2) is 59.9 Å². The average Bonchev–Trinajstić information content (AvgIpc) is 2.54. The maximum absolute atomic E-state index is 5.28. The molecule has 0 saturated heterocycles. The second-order valence-corrected chi connectivity index (χ2v) is 4.65. The van der Waals surface area contributed by atoms with Crippen LogP contribution in [0.5, 0.6) is 5.75 Å². The standard InChI is InChI=1S/C16H11N3O/c1-3-7-14-11(5-1)9-17-16(19-14)13-10-18-20-15-8-4-2-6-12(13)15/h1-10,13H. The zero-order chi connectivity index (χ0) is 13.4. The minimum absolute atomic E-state index is 0.0652. The zero-order valence-corrected chi connectivity index (χ0v) is 10.6. The molecule has 3 aromatic rings. The van der Waals surface area contributed by atoms with E-state index in [-0.39, 0.29) is 5.92 Å². The maximum Gasteiger partial charge on any atom is 0.162 e. The summed E-state index contributed by atoms with van der Waals surface area (Å²) in [4.78, 5) is 14.4. The second-order valence-electron chi connectivity index (χ2n) is 4.65. The fraction of sp³-hybridized carbons (Fsp3) is 0.0625. The molecule has 2 heterocycles. The molecule has 96 valence electrons. The van der Waals surface area contributed by atoms with Crippen molar-refractivity contribution in [2.45, 2.75) is 5.92 Å². The van der Waals surface area contributed by atoms with Gasteiger partial charge in [0.25, 0.3) is 0 Å². The Kier molecular flexibility index (Phi) is 2.45. The first kappa shape index (κ1) is 11.1. The highest BCUT2D eigenvalue weighted by molar-refractivity contribution is 5.79. The quantitative estimate of drug-likeness (QED) is 0.676. The van der Waals surface area contributed by atoms with Crippen molar-refractivity contribution < 1.29 is 4.84 Å². The molecular formula is C16H11N3O. The number of nitrogens with zero attached hydrogens (tertiary/aromatic N) is 3. The van der Waals surface area contributed by atoms with Crippen LogP contribution in [0.4, 0.5) is 0 Å². The van der Waals surface area contributed by atoms with E-state index in [0.717, 1.165) is 28.0 Å². The van der Waals surface area contributed by atoms with Crippen molar-refractivity contribution in [3.8, 4) is 5.75 Å². The fourth-order valence-electron chi connectivity index (χ4n) is 2.39. The molecule has 0 spiro atoms. The summed E-state index contributed by atoms with van der Waals surface area (Å²) < 4.78 is 0. The summed E-state index contributed by atoms with van der Waals surface area (Å²) in [6.45, 7) is 0. The molecule has 1 aliphatic heterocycles. The van der Waals surface area contributed by atoms with Crippen molar-refractivity contribution in [3.63, 3.8) is 0 Å². The van der Waals surface area contributed by atoms with Crippen LogP contribution >= 0.6 is 0 Å². The van der Waals surface area contributed by atoms with Gasteiger partial charge in [0.2, 0.25) is 0 Å². The lowest BCUT2D eigenvalue weighted by molar-refractivity contribution is 0.330. The van der Waals surface area contributed by atoms with Gasteiger partial charge in [-0.25, -0.2) is 9.97 Å². The molecule has 20 heavy (non-hydrogen) atoms. The van der Waals surface area contributed by atoms with Crippen LogP contribution < -0.4 is 4.84 Å². The molecule has 1 atom stereocenters. The smallest absolute Gasteiger partial charge is 0.162 e.